The Morgan fingerprint density at radius 1 is 1.16 bits per heavy atom. The molecule has 0 radical (unpaired) electrons. The Balaban J connectivity index is 2.05. The molecule has 5 heteroatoms. The van der Waals surface area contributed by atoms with E-state index < -0.39 is 0 Å². The second kappa shape index (κ2) is 10.7. The Kier molecular flexibility index (Phi) is 8.19. The lowest BCUT2D eigenvalue weighted by Gasteiger charge is -2.18. The van der Waals surface area contributed by atoms with Crippen LogP contribution in [0.4, 0.5) is 0 Å². The highest BCUT2D eigenvalue weighted by molar-refractivity contribution is 5.83. The molecule has 0 amide bonds. The van der Waals surface area contributed by atoms with Crippen LogP contribution in [-0.4, -0.2) is 35.7 Å². The normalized spacial score (nSPS) is 13.0. The number of nitrogens with one attached hydrogen (secondary N) is 2. The molecule has 2 aromatic rings. The zero-order valence-corrected chi connectivity index (χ0v) is 15.3. The predicted molar refractivity (Wildman–Crippen MR) is 105 cm³/mol. The molecule has 1 heterocycles. The van der Waals surface area contributed by atoms with Crippen LogP contribution in [0, 0.1) is 5.92 Å². The van der Waals surface area contributed by atoms with Crippen LogP contribution in [-0.2, 0) is 6.54 Å². The van der Waals surface area contributed by atoms with Crippen molar-refractivity contribution < 1.29 is 5.11 Å². The number of aliphatic hydroxyl groups excluding tert-OH is 1. The molecule has 25 heavy (non-hydrogen) atoms. The summed E-state index contributed by atoms with van der Waals surface area (Å²) in [6, 6.07) is 10.2. The zero-order chi connectivity index (χ0) is 17.9. The number of aliphatic imine (C=N–C) groups is 1. The van der Waals surface area contributed by atoms with E-state index in [4.69, 9.17) is 4.99 Å². The van der Waals surface area contributed by atoms with Crippen molar-refractivity contribution in [2.24, 2.45) is 10.9 Å². The second-order valence-electron chi connectivity index (χ2n) is 6.23. The lowest BCUT2D eigenvalue weighted by Crippen LogP contribution is -2.40. The maximum absolute atomic E-state index is 9.20. The van der Waals surface area contributed by atoms with Crippen LogP contribution < -0.4 is 10.6 Å². The van der Waals surface area contributed by atoms with E-state index in [-0.39, 0.29) is 6.61 Å². The van der Waals surface area contributed by atoms with E-state index in [0.29, 0.717) is 12.5 Å². The number of hydrogen-bond acceptors (Lipinski definition) is 3. The summed E-state index contributed by atoms with van der Waals surface area (Å²) in [7, 11) is 0. The minimum absolute atomic E-state index is 0.239. The molecule has 1 atom stereocenters. The van der Waals surface area contributed by atoms with E-state index in [2.05, 4.69) is 35.5 Å². The van der Waals surface area contributed by atoms with Crippen molar-refractivity contribution in [2.45, 2.75) is 39.7 Å². The number of pyridine rings is 1. The van der Waals surface area contributed by atoms with Gasteiger partial charge < -0.3 is 15.7 Å². The van der Waals surface area contributed by atoms with Gasteiger partial charge in [0.2, 0.25) is 0 Å². The smallest absolute Gasteiger partial charge is 0.191 e. The van der Waals surface area contributed by atoms with Gasteiger partial charge in [0, 0.05) is 31.3 Å². The quantitative estimate of drug-likeness (QED) is 0.484. The standard InChI is InChI=1S/C20H30N4O/c1-3-7-16(11-13-25)14-23-20(21-4-2)24-15-17-10-12-22-19-9-6-5-8-18(17)19/h5-6,8-10,12,16,25H,3-4,7,11,13-15H2,1-2H3,(H2,21,23,24). The molecule has 3 N–H and O–H groups in total. The van der Waals surface area contributed by atoms with Crippen molar-refractivity contribution in [1.29, 1.82) is 0 Å². The number of aliphatic hydroxyl groups is 1. The molecule has 0 saturated heterocycles. The van der Waals surface area contributed by atoms with Crippen molar-refractivity contribution in [3.8, 4) is 0 Å². The Hall–Kier alpha value is -2.14. The zero-order valence-electron chi connectivity index (χ0n) is 15.3. The first-order valence-corrected chi connectivity index (χ1v) is 9.24. The molecule has 0 aliphatic heterocycles. The van der Waals surface area contributed by atoms with Crippen molar-refractivity contribution >= 4 is 16.9 Å². The molecule has 2 rings (SSSR count). The minimum atomic E-state index is 0.239. The van der Waals surface area contributed by atoms with Crippen LogP contribution in [0.5, 0.6) is 0 Å². The second-order valence-corrected chi connectivity index (χ2v) is 6.23. The van der Waals surface area contributed by atoms with Crippen LogP contribution in [0.15, 0.2) is 41.5 Å². The monoisotopic (exact) mass is 342 g/mol. The van der Waals surface area contributed by atoms with Crippen LogP contribution in [0.3, 0.4) is 0 Å². The van der Waals surface area contributed by atoms with Gasteiger partial charge in [0.1, 0.15) is 0 Å². The molecule has 0 bridgehead atoms. The molecule has 1 unspecified atom stereocenters. The molecule has 0 aliphatic carbocycles. The van der Waals surface area contributed by atoms with E-state index in [1.807, 2.05) is 30.5 Å². The summed E-state index contributed by atoms with van der Waals surface area (Å²) in [6.45, 7) is 6.74. The van der Waals surface area contributed by atoms with Crippen molar-refractivity contribution in [2.75, 3.05) is 19.7 Å². The fraction of sp³-hybridized carbons (Fsp3) is 0.500. The third-order valence-corrected chi connectivity index (χ3v) is 4.28. The first-order chi connectivity index (χ1) is 12.3. The van der Waals surface area contributed by atoms with E-state index in [9.17, 15) is 5.11 Å². The summed E-state index contributed by atoms with van der Waals surface area (Å²) < 4.78 is 0. The average molecular weight is 342 g/mol. The number of nitrogens with zero attached hydrogens (tertiary/aromatic N) is 2. The van der Waals surface area contributed by atoms with Gasteiger partial charge in [-0.1, -0.05) is 31.5 Å². The van der Waals surface area contributed by atoms with Gasteiger partial charge in [-0.3, -0.25) is 4.98 Å². The highest BCUT2D eigenvalue weighted by Crippen LogP contribution is 2.16. The van der Waals surface area contributed by atoms with Crippen LogP contribution in [0.1, 0.15) is 38.7 Å². The summed E-state index contributed by atoms with van der Waals surface area (Å²) in [5.74, 6) is 1.29. The van der Waals surface area contributed by atoms with E-state index in [1.165, 1.54) is 5.56 Å². The lowest BCUT2D eigenvalue weighted by atomic mass is 10.0. The van der Waals surface area contributed by atoms with Gasteiger partial charge in [-0.2, -0.15) is 0 Å². The Morgan fingerprint density at radius 3 is 2.76 bits per heavy atom. The van der Waals surface area contributed by atoms with Gasteiger partial charge in [-0.15, -0.1) is 0 Å². The number of rotatable bonds is 9. The van der Waals surface area contributed by atoms with Gasteiger partial charge >= 0.3 is 0 Å². The minimum Gasteiger partial charge on any atom is -0.396 e. The Labute approximate surface area is 150 Å². The van der Waals surface area contributed by atoms with E-state index in [0.717, 1.165) is 49.2 Å². The van der Waals surface area contributed by atoms with Crippen LogP contribution in [0.25, 0.3) is 10.9 Å². The van der Waals surface area contributed by atoms with Gasteiger partial charge in [0.05, 0.1) is 12.1 Å². The molecule has 0 fully saturated rings. The molecule has 1 aromatic heterocycles. The van der Waals surface area contributed by atoms with Crippen LogP contribution in [0.2, 0.25) is 0 Å². The molecular formula is C20H30N4O. The topological polar surface area (TPSA) is 69.5 Å². The predicted octanol–water partition coefficient (Wildman–Crippen LogP) is 3.09. The lowest BCUT2D eigenvalue weighted by molar-refractivity contribution is 0.251. The van der Waals surface area contributed by atoms with Gasteiger partial charge in [-0.25, -0.2) is 4.99 Å². The SMILES string of the molecule is CCCC(CCO)CNC(=NCc1ccnc2ccccc12)NCC. The maximum Gasteiger partial charge on any atom is 0.191 e. The van der Waals surface area contributed by atoms with Gasteiger partial charge in [-0.05, 0) is 43.4 Å². The van der Waals surface area contributed by atoms with Crippen molar-refractivity contribution in [3.63, 3.8) is 0 Å². The van der Waals surface area contributed by atoms with Crippen molar-refractivity contribution in [1.82, 2.24) is 15.6 Å². The first kappa shape index (κ1) is 19.2. The highest BCUT2D eigenvalue weighted by atomic mass is 16.3. The van der Waals surface area contributed by atoms with Gasteiger partial charge in [0.25, 0.3) is 0 Å². The first-order valence-electron chi connectivity index (χ1n) is 9.24. The molecule has 0 aliphatic rings. The van der Waals surface area contributed by atoms with E-state index >= 15 is 0 Å². The molecule has 0 saturated carbocycles. The third kappa shape index (κ3) is 6.02. The number of para-hydroxylation sites is 1. The number of benzene rings is 1. The van der Waals surface area contributed by atoms with Crippen molar-refractivity contribution in [3.05, 3.63) is 42.1 Å². The Bertz CT molecular complexity index is 660. The number of aromatic nitrogens is 1. The molecule has 5 nitrogen and oxygen atoms in total. The third-order valence-electron chi connectivity index (χ3n) is 4.28. The summed E-state index contributed by atoms with van der Waals surface area (Å²) in [6.07, 6.45) is 4.91. The molecular weight excluding hydrogens is 312 g/mol. The molecule has 136 valence electrons. The van der Waals surface area contributed by atoms with Gasteiger partial charge in [0.15, 0.2) is 5.96 Å². The summed E-state index contributed by atoms with van der Waals surface area (Å²) in [5.41, 5.74) is 2.17. The maximum atomic E-state index is 9.20. The fourth-order valence-corrected chi connectivity index (χ4v) is 2.98. The highest BCUT2D eigenvalue weighted by Gasteiger charge is 2.08. The van der Waals surface area contributed by atoms with Crippen LogP contribution >= 0.6 is 0 Å². The largest absolute Gasteiger partial charge is 0.396 e. The number of hydrogen-bond donors (Lipinski definition) is 3. The number of guanidine groups is 1. The number of fused-ring (bicyclic) bond motifs is 1. The molecule has 0 spiro atoms. The molecule has 1 aromatic carbocycles. The summed E-state index contributed by atoms with van der Waals surface area (Å²) in [5, 5.41) is 17.1. The summed E-state index contributed by atoms with van der Waals surface area (Å²) >= 11 is 0. The summed E-state index contributed by atoms with van der Waals surface area (Å²) in [4.78, 5) is 9.13. The average Bonchev–Trinajstić information content (AvgIpc) is 2.64. The Morgan fingerprint density at radius 2 is 2.00 bits per heavy atom. The van der Waals surface area contributed by atoms with E-state index in [1.54, 1.807) is 0 Å². The fourth-order valence-electron chi connectivity index (χ4n) is 2.98.